The highest BCUT2D eigenvalue weighted by Crippen LogP contribution is 1.44. The van der Waals surface area contributed by atoms with Gasteiger partial charge in [0.2, 0.25) is 0 Å². The van der Waals surface area contributed by atoms with Crippen LogP contribution in [-0.4, -0.2) is 6.34 Å². The molecular weight excluding hydrogens is 148 g/mol. The van der Waals surface area contributed by atoms with Gasteiger partial charge in [0.05, 0.1) is 0 Å². The van der Waals surface area contributed by atoms with Crippen LogP contribution in [0, 0.1) is 5.53 Å². The van der Waals surface area contributed by atoms with Crippen LogP contribution in [0.25, 0.3) is 0 Å². The minimum Gasteiger partial charge on any atom is -0.322 e. The molecule has 0 fully saturated rings. The molecule has 0 saturated carbocycles. The normalized spacial score (nSPS) is 7.33. The molecule has 0 rings (SSSR count). The van der Waals surface area contributed by atoms with E-state index in [0.717, 1.165) is 6.34 Å². The molecule has 3 N–H and O–H groups in total. The Kier molecular flexibility index (Phi) is 13.4. The minimum atomic E-state index is 0. The molecule has 0 amide bonds. The summed E-state index contributed by atoms with van der Waals surface area (Å²) in [6.07, 6.45) is 0.944. The summed E-state index contributed by atoms with van der Waals surface area (Å²) < 4.78 is 0. The SMILES string of the molecule is Br.N=NC=NN. The molecule has 0 unspecified atom stereocenters. The highest BCUT2D eigenvalue weighted by Gasteiger charge is 1.43. The molecule has 0 aromatic heterocycles. The third-order valence-corrected chi connectivity index (χ3v) is 0.124. The molecule has 5 heteroatoms. The van der Waals surface area contributed by atoms with Gasteiger partial charge < -0.3 is 5.84 Å². The fraction of sp³-hybridized carbons (Fsp3) is 0. The zero-order valence-corrected chi connectivity index (χ0v) is 4.67. The van der Waals surface area contributed by atoms with Crippen molar-refractivity contribution in [2.45, 2.75) is 0 Å². The number of hydrogen-bond acceptors (Lipinski definition) is 3. The van der Waals surface area contributed by atoms with Crippen molar-refractivity contribution in [2.75, 3.05) is 0 Å². The third-order valence-electron chi connectivity index (χ3n) is 0.124. The molecule has 36 valence electrons. The van der Waals surface area contributed by atoms with Crippen molar-refractivity contribution in [1.82, 2.24) is 0 Å². The molecule has 0 saturated heterocycles. The van der Waals surface area contributed by atoms with Gasteiger partial charge in [0.25, 0.3) is 0 Å². The highest BCUT2D eigenvalue weighted by molar-refractivity contribution is 8.93. The van der Waals surface area contributed by atoms with Crippen LogP contribution in [0.1, 0.15) is 0 Å². The van der Waals surface area contributed by atoms with Crippen molar-refractivity contribution in [1.29, 1.82) is 5.53 Å². The average Bonchev–Trinajstić information content (AvgIpc) is 1.41. The first-order valence-electron chi connectivity index (χ1n) is 0.998. The van der Waals surface area contributed by atoms with Gasteiger partial charge in [-0.3, -0.25) is 0 Å². The number of nitrogens with one attached hydrogen (secondary N) is 1. The second kappa shape index (κ2) is 8.82. The summed E-state index contributed by atoms with van der Waals surface area (Å²) >= 11 is 0. The maximum Gasteiger partial charge on any atom is 0.156 e. The van der Waals surface area contributed by atoms with Gasteiger partial charge in [-0.15, -0.1) is 22.1 Å². The zero-order valence-electron chi connectivity index (χ0n) is 2.96. The lowest BCUT2D eigenvalue weighted by molar-refractivity contribution is 1.17. The molecule has 0 atom stereocenters. The summed E-state index contributed by atoms with van der Waals surface area (Å²) in [4.78, 5) is 0. The molecule has 0 heterocycles. The number of halogens is 1. The first-order chi connectivity index (χ1) is 2.41. The van der Waals surface area contributed by atoms with E-state index in [1.54, 1.807) is 0 Å². The lowest BCUT2D eigenvalue weighted by Gasteiger charge is -1.58. The number of nitrogens with zero attached hydrogens (tertiary/aromatic N) is 2. The lowest BCUT2D eigenvalue weighted by atomic mass is 11.4. The second-order valence-corrected chi connectivity index (χ2v) is 0.394. The molecule has 0 aliphatic heterocycles. The Bertz CT molecular complexity index is 49.5. The lowest BCUT2D eigenvalue weighted by Crippen LogP contribution is -1.75. The molecule has 0 bridgehead atoms. The Hall–Kier alpha value is -0.450. The Morgan fingerprint density at radius 1 is 1.67 bits per heavy atom. The van der Waals surface area contributed by atoms with Crippen molar-refractivity contribution < 1.29 is 0 Å². The van der Waals surface area contributed by atoms with Crippen LogP contribution in [0.5, 0.6) is 0 Å². The van der Waals surface area contributed by atoms with Crippen molar-refractivity contribution in [2.24, 2.45) is 16.1 Å². The maximum absolute atomic E-state index is 6.00. The van der Waals surface area contributed by atoms with E-state index in [0.29, 0.717) is 0 Å². The highest BCUT2D eigenvalue weighted by atomic mass is 79.9. The van der Waals surface area contributed by atoms with Crippen molar-refractivity contribution in [3.05, 3.63) is 0 Å². The van der Waals surface area contributed by atoms with Crippen LogP contribution in [0.15, 0.2) is 10.2 Å². The predicted octanol–water partition coefficient (Wildman–Crippen LogP) is 0.497. The molecule has 0 aromatic carbocycles. The number of hydrogen-bond donors (Lipinski definition) is 2. The summed E-state index contributed by atoms with van der Waals surface area (Å²) in [5.41, 5.74) is 6.00. The quantitative estimate of drug-likeness (QED) is 0.186. The van der Waals surface area contributed by atoms with E-state index < -0.39 is 0 Å². The van der Waals surface area contributed by atoms with Gasteiger partial charge in [-0.05, 0) is 0 Å². The minimum absolute atomic E-state index is 0. The fourth-order valence-corrected chi connectivity index (χ4v) is 0.0333. The number of nitrogens with two attached hydrogens (primary N) is 1. The predicted molar refractivity (Wildman–Crippen MR) is 28.1 cm³/mol. The van der Waals surface area contributed by atoms with Gasteiger partial charge in [0.15, 0.2) is 6.34 Å². The summed E-state index contributed by atoms with van der Waals surface area (Å²) in [6, 6.07) is 0. The van der Waals surface area contributed by atoms with Crippen LogP contribution in [0.3, 0.4) is 0 Å². The van der Waals surface area contributed by atoms with E-state index >= 15 is 0 Å². The van der Waals surface area contributed by atoms with Crippen molar-refractivity contribution >= 4 is 23.3 Å². The van der Waals surface area contributed by atoms with E-state index in [-0.39, 0.29) is 17.0 Å². The Balaban J connectivity index is 0. The van der Waals surface area contributed by atoms with Crippen LogP contribution in [-0.2, 0) is 0 Å². The van der Waals surface area contributed by atoms with Gasteiger partial charge in [-0.2, -0.15) is 5.10 Å². The average molecular weight is 153 g/mol. The second-order valence-electron chi connectivity index (χ2n) is 0.394. The number of hydrazone groups is 1. The molecule has 0 aliphatic rings. The fourth-order valence-electron chi connectivity index (χ4n) is 0.0333. The van der Waals surface area contributed by atoms with Crippen LogP contribution in [0.4, 0.5) is 0 Å². The van der Waals surface area contributed by atoms with Crippen molar-refractivity contribution in [3.8, 4) is 0 Å². The maximum atomic E-state index is 6.00. The molecule has 0 radical (unpaired) electrons. The summed E-state index contributed by atoms with van der Waals surface area (Å²) in [5, 5.41) is 5.56. The Labute approximate surface area is 45.7 Å². The topological polar surface area (TPSA) is 74.6 Å². The molecule has 4 nitrogen and oxygen atoms in total. The van der Waals surface area contributed by atoms with Crippen LogP contribution in [0.2, 0.25) is 0 Å². The van der Waals surface area contributed by atoms with E-state index in [2.05, 4.69) is 16.1 Å². The molecule has 0 spiro atoms. The molecule has 0 aromatic rings. The summed E-state index contributed by atoms with van der Waals surface area (Å²) in [7, 11) is 0. The first-order valence-corrected chi connectivity index (χ1v) is 0.998. The molecule has 6 heavy (non-hydrogen) atoms. The van der Waals surface area contributed by atoms with E-state index in [4.69, 9.17) is 5.53 Å². The Morgan fingerprint density at radius 3 is 2.17 bits per heavy atom. The third kappa shape index (κ3) is 9.61. The van der Waals surface area contributed by atoms with E-state index in [1.165, 1.54) is 0 Å². The zero-order chi connectivity index (χ0) is 4.12. The first kappa shape index (κ1) is 9.12. The van der Waals surface area contributed by atoms with Gasteiger partial charge >= 0.3 is 0 Å². The standard InChI is InChI=1S/CH4N4.BrH/c2-4-1-5-3;/h1-2H,3H2;1H. The smallest absolute Gasteiger partial charge is 0.156 e. The number of rotatable bonds is 1. The van der Waals surface area contributed by atoms with Crippen LogP contribution < -0.4 is 5.84 Å². The van der Waals surface area contributed by atoms with Crippen molar-refractivity contribution in [3.63, 3.8) is 0 Å². The summed E-state index contributed by atoms with van der Waals surface area (Å²) in [6.45, 7) is 0. The van der Waals surface area contributed by atoms with E-state index in [9.17, 15) is 0 Å². The van der Waals surface area contributed by atoms with E-state index in [1.807, 2.05) is 0 Å². The van der Waals surface area contributed by atoms with Gasteiger partial charge in [0.1, 0.15) is 0 Å². The Morgan fingerprint density at radius 2 is 2.17 bits per heavy atom. The molecule has 0 aliphatic carbocycles. The monoisotopic (exact) mass is 152 g/mol. The van der Waals surface area contributed by atoms with Crippen LogP contribution >= 0.6 is 17.0 Å². The van der Waals surface area contributed by atoms with Gasteiger partial charge in [-0.1, -0.05) is 0 Å². The van der Waals surface area contributed by atoms with Gasteiger partial charge in [0, 0.05) is 0 Å². The van der Waals surface area contributed by atoms with Gasteiger partial charge in [-0.25, -0.2) is 5.53 Å². The largest absolute Gasteiger partial charge is 0.322 e. The summed E-state index contributed by atoms with van der Waals surface area (Å²) in [5.74, 6) is 4.49. The molecular formula is CH5BrN4.